The molecular weight excluding hydrogens is 378 g/mol. The van der Waals surface area contributed by atoms with Gasteiger partial charge in [0.15, 0.2) is 5.60 Å². The van der Waals surface area contributed by atoms with Crippen molar-refractivity contribution in [2.24, 2.45) is 0 Å². The van der Waals surface area contributed by atoms with E-state index in [9.17, 15) is 13.2 Å². The smallest absolute Gasteiger partial charge is 0.339 e. The highest BCUT2D eigenvalue weighted by Crippen LogP contribution is 2.43. The summed E-state index contributed by atoms with van der Waals surface area (Å²) in [7, 11) is -3.71. The SMILES string of the molecule is CCOc1ccc(S(=O)(=O)N2CCCC3(C2)OC(=O)c2ccccc23)cc1C. The standard InChI is InChI=1S/C21H23NO5S/c1-3-26-19-10-9-16(13-15(19)2)28(24,25)22-12-6-11-21(14-22)18-8-5-4-7-17(18)20(23)27-21/h4-5,7-10,13H,3,6,11-12,14H2,1-2H3. The maximum absolute atomic E-state index is 13.3. The maximum atomic E-state index is 13.3. The molecule has 0 saturated carbocycles. The van der Waals surface area contributed by atoms with Crippen LogP contribution in [0.1, 0.15) is 41.3 Å². The molecule has 1 unspecified atom stereocenters. The Morgan fingerprint density at radius 3 is 2.75 bits per heavy atom. The van der Waals surface area contributed by atoms with Crippen molar-refractivity contribution < 1.29 is 22.7 Å². The van der Waals surface area contributed by atoms with Crippen LogP contribution in [0, 0.1) is 6.92 Å². The molecule has 0 aliphatic carbocycles. The number of aryl methyl sites for hydroxylation is 1. The average Bonchev–Trinajstić information content (AvgIpc) is 2.95. The number of piperidine rings is 1. The van der Waals surface area contributed by atoms with Gasteiger partial charge in [0.1, 0.15) is 5.75 Å². The second-order valence-electron chi connectivity index (χ2n) is 7.23. The Balaban J connectivity index is 1.67. The van der Waals surface area contributed by atoms with Crippen LogP contribution in [0.3, 0.4) is 0 Å². The Labute approximate surface area is 165 Å². The molecule has 1 saturated heterocycles. The minimum Gasteiger partial charge on any atom is -0.494 e. The molecule has 28 heavy (non-hydrogen) atoms. The maximum Gasteiger partial charge on any atom is 0.339 e. The van der Waals surface area contributed by atoms with E-state index in [1.807, 2.05) is 26.0 Å². The lowest BCUT2D eigenvalue weighted by molar-refractivity contribution is -0.0345. The number of rotatable bonds is 4. The number of esters is 1. The van der Waals surface area contributed by atoms with E-state index in [1.54, 1.807) is 30.3 Å². The van der Waals surface area contributed by atoms with E-state index < -0.39 is 15.6 Å². The Bertz CT molecular complexity index is 1030. The average molecular weight is 401 g/mol. The number of benzene rings is 2. The summed E-state index contributed by atoms with van der Waals surface area (Å²) in [5.74, 6) is 0.293. The van der Waals surface area contributed by atoms with Crippen LogP contribution in [-0.2, 0) is 20.4 Å². The fourth-order valence-corrected chi connectivity index (χ4v) is 5.70. The highest BCUT2D eigenvalue weighted by molar-refractivity contribution is 7.89. The van der Waals surface area contributed by atoms with E-state index >= 15 is 0 Å². The summed E-state index contributed by atoms with van der Waals surface area (Å²) < 4.78 is 39.2. The Morgan fingerprint density at radius 2 is 2.00 bits per heavy atom. The summed E-state index contributed by atoms with van der Waals surface area (Å²) in [4.78, 5) is 12.5. The van der Waals surface area contributed by atoms with Gasteiger partial charge in [-0.2, -0.15) is 4.31 Å². The fourth-order valence-electron chi connectivity index (χ4n) is 4.09. The number of nitrogens with zero attached hydrogens (tertiary/aromatic N) is 1. The highest BCUT2D eigenvalue weighted by atomic mass is 32.2. The van der Waals surface area contributed by atoms with Crippen molar-refractivity contribution in [1.82, 2.24) is 4.31 Å². The normalized spacial score (nSPS) is 22.1. The molecule has 2 aliphatic heterocycles. The van der Waals surface area contributed by atoms with E-state index in [0.717, 1.165) is 11.1 Å². The van der Waals surface area contributed by atoms with Crippen LogP contribution in [0.2, 0.25) is 0 Å². The molecule has 1 spiro atoms. The van der Waals surface area contributed by atoms with E-state index in [-0.39, 0.29) is 17.4 Å². The quantitative estimate of drug-likeness (QED) is 0.736. The summed E-state index contributed by atoms with van der Waals surface area (Å²) in [5.41, 5.74) is 1.17. The van der Waals surface area contributed by atoms with Crippen LogP contribution in [0.25, 0.3) is 0 Å². The lowest BCUT2D eigenvalue weighted by Crippen LogP contribution is -2.48. The summed E-state index contributed by atoms with van der Waals surface area (Å²) in [6.07, 6.45) is 1.24. The molecule has 2 heterocycles. The molecule has 0 amide bonds. The second-order valence-corrected chi connectivity index (χ2v) is 9.17. The molecule has 1 fully saturated rings. The minimum absolute atomic E-state index is 0.129. The van der Waals surface area contributed by atoms with Gasteiger partial charge in [-0.05, 0) is 56.5 Å². The molecule has 4 rings (SSSR count). The largest absolute Gasteiger partial charge is 0.494 e. The van der Waals surface area contributed by atoms with Crippen molar-refractivity contribution in [3.8, 4) is 5.75 Å². The zero-order valence-corrected chi connectivity index (χ0v) is 16.8. The van der Waals surface area contributed by atoms with Crippen molar-refractivity contribution in [2.45, 2.75) is 37.2 Å². The van der Waals surface area contributed by atoms with Crippen LogP contribution in [0.4, 0.5) is 0 Å². The molecule has 1 atom stereocenters. The Hall–Kier alpha value is -2.38. The third-order valence-electron chi connectivity index (χ3n) is 5.43. The van der Waals surface area contributed by atoms with Gasteiger partial charge in [-0.25, -0.2) is 13.2 Å². The number of sulfonamides is 1. The number of fused-ring (bicyclic) bond motifs is 2. The highest BCUT2D eigenvalue weighted by Gasteiger charge is 2.50. The predicted octanol–water partition coefficient (Wildman–Crippen LogP) is 3.24. The first-order valence-electron chi connectivity index (χ1n) is 9.44. The zero-order chi connectivity index (χ0) is 19.9. The summed E-state index contributed by atoms with van der Waals surface area (Å²) in [6, 6.07) is 12.1. The minimum atomic E-state index is -3.71. The molecule has 2 aliphatic rings. The monoisotopic (exact) mass is 401 g/mol. The summed E-state index contributed by atoms with van der Waals surface area (Å²) in [5, 5.41) is 0. The van der Waals surface area contributed by atoms with Crippen molar-refractivity contribution in [3.63, 3.8) is 0 Å². The molecule has 2 aromatic rings. The molecular formula is C21H23NO5S. The number of carbonyl (C=O) groups excluding carboxylic acids is 1. The predicted molar refractivity (Wildman–Crippen MR) is 104 cm³/mol. The van der Waals surface area contributed by atoms with Crippen molar-refractivity contribution in [3.05, 3.63) is 59.2 Å². The zero-order valence-electron chi connectivity index (χ0n) is 16.0. The van der Waals surface area contributed by atoms with Gasteiger partial charge in [0.05, 0.1) is 23.6 Å². The van der Waals surface area contributed by atoms with Gasteiger partial charge in [0.2, 0.25) is 10.0 Å². The van der Waals surface area contributed by atoms with Crippen LogP contribution in [-0.4, -0.2) is 38.4 Å². The Kier molecular flexibility index (Phi) is 4.67. The number of carbonyl (C=O) groups is 1. The molecule has 0 aromatic heterocycles. The topological polar surface area (TPSA) is 72.9 Å². The molecule has 0 N–H and O–H groups in total. The lowest BCUT2D eigenvalue weighted by atomic mass is 9.86. The van der Waals surface area contributed by atoms with Gasteiger partial charge in [-0.1, -0.05) is 18.2 Å². The van der Waals surface area contributed by atoms with E-state index in [0.29, 0.717) is 37.3 Å². The van der Waals surface area contributed by atoms with Gasteiger partial charge < -0.3 is 9.47 Å². The third-order valence-corrected chi connectivity index (χ3v) is 7.27. The van der Waals surface area contributed by atoms with E-state index in [2.05, 4.69) is 0 Å². The molecule has 148 valence electrons. The first-order valence-corrected chi connectivity index (χ1v) is 10.9. The van der Waals surface area contributed by atoms with E-state index in [4.69, 9.17) is 9.47 Å². The third kappa shape index (κ3) is 2.99. The molecule has 0 bridgehead atoms. The van der Waals surface area contributed by atoms with Gasteiger partial charge >= 0.3 is 5.97 Å². The van der Waals surface area contributed by atoms with Gasteiger partial charge in [-0.15, -0.1) is 0 Å². The van der Waals surface area contributed by atoms with Gasteiger partial charge in [0.25, 0.3) is 0 Å². The lowest BCUT2D eigenvalue weighted by Gasteiger charge is -2.38. The van der Waals surface area contributed by atoms with Crippen LogP contribution in [0.15, 0.2) is 47.4 Å². The first-order chi connectivity index (χ1) is 13.4. The van der Waals surface area contributed by atoms with Crippen molar-refractivity contribution in [2.75, 3.05) is 19.7 Å². The van der Waals surface area contributed by atoms with Gasteiger partial charge in [0, 0.05) is 12.1 Å². The van der Waals surface area contributed by atoms with E-state index in [1.165, 1.54) is 4.31 Å². The Morgan fingerprint density at radius 1 is 1.21 bits per heavy atom. The van der Waals surface area contributed by atoms with Crippen LogP contribution in [0.5, 0.6) is 5.75 Å². The second kappa shape index (κ2) is 6.90. The molecule has 7 heteroatoms. The number of ether oxygens (including phenoxy) is 2. The number of hydrogen-bond acceptors (Lipinski definition) is 5. The van der Waals surface area contributed by atoms with Crippen LogP contribution >= 0.6 is 0 Å². The van der Waals surface area contributed by atoms with Gasteiger partial charge in [-0.3, -0.25) is 0 Å². The molecule has 6 nitrogen and oxygen atoms in total. The first kappa shape index (κ1) is 19.0. The number of hydrogen-bond donors (Lipinski definition) is 0. The summed E-state index contributed by atoms with van der Waals surface area (Å²) in [6.45, 7) is 4.77. The van der Waals surface area contributed by atoms with Crippen molar-refractivity contribution in [1.29, 1.82) is 0 Å². The summed E-state index contributed by atoms with van der Waals surface area (Å²) >= 11 is 0. The fraction of sp³-hybridized carbons (Fsp3) is 0.381. The molecule has 0 radical (unpaired) electrons. The van der Waals surface area contributed by atoms with Crippen LogP contribution < -0.4 is 4.74 Å². The molecule has 2 aromatic carbocycles. The van der Waals surface area contributed by atoms with Crippen molar-refractivity contribution >= 4 is 16.0 Å².